The van der Waals surface area contributed by atoms with Crippen molar-refractivity contribution in [3.8, 4) is 5.69 Å². The van der Waals surface area contributed by atoms with E-state index in [1.165, 1.54) is 10.9 Å². The van der Waals surface area contributed by atoms with Crippen LogP contribution in [0.4, 0.5) is 10.6 Å². The van der Waals surface area contributed by atoms with Crippen molar-refractivity contribution in [1.82, 2.24) is 20.1 Å². The molecule has 27 heavy (non-hydrogen) atoms. The Hall–Kier alpha value is -3.42. The topological polar surface area (TPSA) is 116 Å². The first-order valence-electron chi connectivity index (χ1n) is 8.75. The van der Waals surface area contributed by atoms with Gasteiger partial charge in [0, 0.05) is 19.0 Å². The van der Waals surface area contributed by atoms with Crippen LogP contribution >= 0.6 is 0 Å². The number of aromatic amines is 1. The van der Waals surface area contributed by atoms with Crippen LogP contribution in [0.1, 0.15) is 25.8 Å². The van der Waals surface area contributed by atoms with Gasteiger partial charge < -0.3 is 10.7 Å². The van der Waals surface area contributed by atoms with Crippen molar-refractivity contribution < 1.29 is 4.79 Å². The van der Waals surface area contributed by atoms with Crippen LogP contribution < -0.4 is 16.2 Å². The number of rotatable bonds is 6. The van der Waals surface area contributed by atoms with E-state index in [1.54, 1.807) is 12.1 Å². The van der Waals surface area contributed by atoms with E-state index < -0.39 is 6.03 Å². The summed E-state index contributed by atoms with van der Waals surface area (Å²) in [6.45, 7) is 4.71. The minimum Gasteiger partial charge on any atom is -0.338 e. The zero-order valence-electron chi connectivity index (χ0n) is 15.2. The Balaban J connectivity index is 1.93. The number of hydrogen-bond acceptors (Lipinski definition) is 4. The Labute approximate surface area is 156 Å². The van der Waals surface area contributed by atoms with Crippen LogP contribution in [-0.4, -0.2) is 33.6 Å². The summed E-state index contributed by atoms with van der Waals surface area (Å²) >= 11 is 0. The minimum absolute atomic E-state index is 0.223. The number of carbonyl (C=O) groups is 1. The number of aromatic nitrogens is 3. The van der Waals surface area contributed by atoms with Crippen molar-refractivity contribution in [2.75, 3.05) is 11.9 Å². The Morgan fingerprint density at radius 1 is 1.33 bits per heavy atom. The number of H-pyrrole nitrogens is 1. The third-order valence-electron chi connectivity index (χ3n) is 4.17. The third-order valence-corrected chi connectivity index (χ3v) is 4.17. The molecular formula is C19H22N6O2. The molecule has 0 aliphatic heterocycles. The van der Waals surface area contributed by atoms with E-state index in [2.05, 4.69) is 34.6 Å². The molecule has 1 aromatic carbocycles. The molecule has 0 fully saturated rings. The minimum atomic E-state index is -0.393. The van der Waals surface area contributed by atoms with E-state index >= 15 is 0 Å². The van der Waals surface area contributed by atoms with Crippen molar-refractivity contribution >= 4 is 29.0 Å². The number of nitrogens with zero attached hydrogens (tertiary/aromatic N) is 2. The van der Waals surface area contributed by atoms with Crippen molar-refractivity contribution in [2.24, 2.45) is 5.92 Å². The molecule has 4 N–H and O–H groups in total. The third kappa shape index (κ3) is 3.89. The zero-order valence-corrected chi connectivity index (χ0v) is 15.2. The Morgan fingerprint density at radius 2 is 2.07 bits per heavy atom. The SMILES string of the molecule is CC(C)CCNC(=O)Nc1ncc2c(=O)n(-c3ccccc3)[nH]c2c1C=N. The second-order valence-electron chi connectivity index (χ2n) is 6.60. The van der Waals surface area contributed by atoms with Gasteiger partial charge in [-0.2, -0.15) is 0 Å². The van der Waals surface area contributed by atoms with E-state index in [0.29, 0.717) is 34.6 Å². The van der Waals surface area contributed by atoms with Gasteiger partial charge in [0.2, 0.25) is 0 Å². The van der Waals surface area contributed by atoms with E-state index in [0.717, 1.165) is 12.6 Å². The van der Waals surface area contributed by atoms with Gasteiger partial charge in [-0.05, 0) is 24.5 Å². The summed E-state index contributed by atoms with van der Waals surface area (Å²) < 4.78 is 1.39. The number of hydrogen-bond donors (Lipinski definition) is 4. The molecule has 3 rings (SSSR count). The number of fused-ring (bicyclic) bond motifs is 1. The predicted octanol–water partition coefficient (Wildman–Crippen LogP) is 2.88. The second-order valence-corrected chi connectivity index (χ2v) is 6.60. The maximum atomic E-state index is 12.7. The van der Waals surface area contributed by atoms with E-state index in [1.807, 2.05) is 18.2 Å². The molecule has 0 radical (unpaired) electrons. The molecule has 2 aromatic heterocycles. The van der Waals surface area contributed by atoms with Gasteiger partial charge in [0.1, 0.15) is 5.82 Å². The fourth-order valence-electron chi connectivity index (χ4n) is 2.72. The number of pyridine rings is 1. The number of amides is 2. The van der Waals surface area contributed by atoms with Gasteiger partial charge in [-0.25, -0.2) is 14.5 Å². The highest BCUT2D eigenvalue weighted by atomic mass is 16.2. The van der Waals surface area contributed by atoms with E-state index in [9.17, 15) is 9.59 Å². The highest BCUT2D eigenvalue weighted by Crippen LogP contribution is 2.20. The van der Waals surface area contributed by atoms with Gasteiger partial charge in [-0.3, -0.25) is 15.2 Å². The first kappa shape index (κ1) is 18.4. The molecule has 8 nitrogen and oxygen atoms in total. The number of nitrogens with one attached hydrogen (secondary N) is 4. The van der Waals surface area contributed by atoms with Crippen LogP contribution in [0.25, 0.3) is 16.6 Å². The quantitative estimate of drug-likeness (QED) is 0.503. The Kier molecular flexibility index (Phi) is 5.35. The summed E-state index contributed by atoms with van der Waals surface area (Å²) in [5.74, 6) is 0.709. The average molecular weight is 366 g/mol. The standard InChI is InChI=1S/C19H22N6O2/c1-12(2)8-9-21-19(27)23-17-14(10-20)16-15(11-22-17)18(26)25(24-16)13-6-4-3-5-7-13/h3-7,10-12,20,24H,8-9H2,1-2H3,(H2,21,22,23,27). The molecule has 0 aliphatic rings. The number of benzene rings is 1. The first-order valence-corrected chi connectivity index (χ1v) is 8.75. The molecule has 2 heterocycles. The second kappa shape index (κ2) is 7.86. The Morgan fingerprint density at radius 3 is 2.74 bits per heavy atom. The van der Waals surface area contributed by atoms with Gasteiger partial charge in [-0.1, -0.05) is 32.0 Å². The largest absolute Gasteiger partial charge is 0.338 e. The van der Waals surface area contributed by atoms with Crippen LogP contribution in [0.3, 0.4) is 0 Å². The molecule has 0 spiro atoms. The normalized spacial score (nSPS) is 10.9. The summed E-state index contributed by atoms with van der Waals surface area (Å²) in [4.78, 5) is 28.9. The summed E-state index contributed by atoms with van der Waals surface area (Å²) in [5, 5.41) is 16.5. The van der Waals surface area contributed by atoms with E-state index in [4.69, 9.17) is 5.41 Å². The van der Waals surface area contributed by atoms with Crippen LogP contribution in [0.2, 0.25) is 0 Å². The lowest BCUT2D eigenvalue weighted by Gasteiger charge is -2.10. The summed E-state index contributed by atoms with van der Waals surface area (Å²) in [6.07, 6.45) is 3.35. The number of para-hydroxylation sites is 1. The highest BCUT2D eigenvalue weighted by molar-refractivity contribution is 6.04. The maximum Gasteiger partial charge on any atom is 0.320 e. The van der Waals surface area contributed by atoms with Crippen LogP contribution in [0.5, 0.6) is 0 Å². The lowest BCUT2D eigenvalue weighted by atomic mass is 10.1. The lowest BCUT2D eigenvalue weighted by Crippen LogP contribution is -2.30. The molecule has 0 saturated carbocycles. The molecule has 140 valence electrons. The molecule has 0 atom stereocenters. The summed E-state index contributed by atoms with van der Waals surface area (Å²) in [5.41, 5.74) is 1.21. The van der Waals surface area contributed by atoms with Gasteiger partial charge in [0.15, 0.2) is 0 Å². The fourth-order valence-corrected chi connectivity index (χ4v) is 2.72. The monoisotopic (exact) mass is 366 g/mol. The molecule has 2 amide bonds. The summed E-state index contributed by atoms with van der Waals surface area (Å²) in [6, 6.07) is 8.73. The van der Waals surface area contributed by atoms with Gasteiger partial charge in [-0.15, -0.1) is 0 Å². The van der Waals surface area contributed by atoms with Crippen molar-refractivity contribution in [1.29, 1.82) is 5.41 Å². The van der Waals surface area contributed by atoms with Crippen LogP contribution in [0, 0.1) is 11.3 Å². The van der Waals surface area contributed by atoms with Crippen LogP contribution in [0.15, 0.2) is 41.3 Å². The number of urea groups is 1. The number of anilines is 1. The molecular weight excluding hydrogens is 344 g/mol. The van der Waals surface area contributed by atoms with E-state index in [-0.39, 0.29) is 11.4 Å². The van der Waals surface area contributed by atoms with Crippen LogP contribution in [-0.2, 0) is 0 Å². The summed E-state index contributed by atoms with van der Waals surface area (Å²) in [7, 11) is 0. The average Bonchev–Trinajstić information content (AvgIpc) is 2.99. The lowest BCUT2D eigenvalue weighted by molar-refractivity contribution is 0.251. The predicted molar refractivity (Wildman–Crippen MR) is 106 cm³/mol. The van der Waals surface area contributed by atoms with Crippen molar-refractivity contribution in [3.63, 3.8) is 0 Å². The van der Waals surface area contributed by atoms with Gasteiger partial charge in [0.05, 0.1) is 22.2 Å². The molecule has 0 unspecified atom stereocenters. The molecule has 0 bridgehead atoms. The Bertz CT molecular complexity index is 1020. The van der Waals surface area contributed by atoms with Crippen molar-refractivity contribution in [2.45, 2.75) is 20.3 Å². The van der Waals surface area contributed by atoms with Gasteiger partial charge in [0.25, 0.3) is 5.56 Å². The molecule has 0 saturated heterocycles. The molecule has 3 aromatic rings. The molecule has 0 aliphatic carbocycles. The fraction of sp³-hybridized carbons (Fsp3) is 0.263. The van der Waals surface area contributed by atoms with Gasteiger partial charge >= 0.3 is 6.03 Å². The smallest absolute Gasteiger partial charge is 0.320 e. The molecule has 8 heteroatoms. The first-order chi connectivity index (χ1) is 13.0. The van der Waals surface area contributed by atoms with Crippen molar-refractivity contribution in [3.05, 3.63) is 52.4 Å². The maximum absolute atomic E-state index is 12.7. The number of carbonyl (C=O) groups excluding carboxylic acids is 1. The zero-order chi connectivity index (χ0) is 19.4. The highest BCUT2D eigenvalue weighted by Gasteiger charge is 2.16.